The molecule has 1 aliphatic rings. The van der Waals surface area contributed by atoms with E-state index < -0.39 is 0 Å². The Morgan fingerprint density at radius 2 is 2.10 bits per heavy atom. The molecule has 10 heteroatoms. The fraction of sp³-hybridized carbons (Fsp3) is 0.400. The number of fused-ring (bicyclic) bond motifs is 1. The van der Waals surface area contributed by atoms with E-state index in [2.05, 4.69) is 43.8 Å². The fourth-order valence-electron chi connectivity index (χ4n) is 3.95. The van der Waals surface area contributed by atoms with Gasteiger partial charge in [-0.05, 0) is 26.3 Å². The van der Waals surface area contributed by atoms with Gasteiger partial charge in [0.1, 0.15) is 34.8 Å². The van der Waals surface area contributed by atoms with Crippen LogP contribution in [0.4, 0.5) is 5.82 Å². The zero-order valence-corrected chi connectivity index (χ0v) is 18.0. The molecule has 154 valence electrons. The van der Waals surface area contributed by atoms with E-state index in [1.54, 1.807) is 30.6 Å². The largest absolute Gasteiger partial charge is 0.355 e. The molecular weight excluding hydrogens is 398 g/mol. The summed E-state index contributed by atoms with van der Waals surface area (Å²) < 4.78 is 4.02. The SMILES string of the molecule is CCn1ncc(-c2nc3c(SC4CCN(c5ccncn5)C4)ncnc3n2C)c1C. The third kappa shape index (κ3) is 3.20. The maximum Gasteiger partial charge on any atom is 0.164 e. The normalized spacial score (nSPS) is 16.6. The van der Waals surface area contributed by atoms with Crippen LogP contribution in [0.1, 0.15) is 19.0 Å². The molecule has 1 aliphatic heterocycles. The lowest BCUT2D eigenvalue weighted by molar-refractivity contribution is 0.640. The van der Waals surface area contributed by atoms with Crippen LogP contribution >= 0.6 is 11.8 Å². The molecular formula is C20H23N9S. The van der Waals surface area contributed by atoms with Crippen LogP contribution < -0.4 is 4.90 Å². The quantitative estimate of drug-likeness (QED) is 0.454. The number of nitrogens with zero attached hydrogens (tertiary/aromatic N) is 9. The minimum absolute atomic E-state index is 0.424. The molecule has 30 heavy (non-hydrogen) atoms. The lowest BCUT2D eigenvalue weighted by Gasteiger charge is -2.16. The summed E-state index contributed by atoms with van der Waals surface area (Å²) in [5, 5.41) is 5.82. The molecule has 0 N–H and O–H groups in total. The third-order valence-electron chi connectivity index (χ3n) is 5.58. The lowest BCUT2D eigenvalue weighted by atomic mass is 10.2. The highest BCUT2D eigenvalue weighted by atomic mass is 32.2. The summed E-state index contributed by atoms with van der Waals surface area (Å²) in [6.07, 6.45) is 7.98. The Bertz CT molecular complexity index is 1180. The van der Waals surface area contributed by atoms with Gasteiger partial charge in [-0.3, -0.25) is 4.68 Å². The number of anilines is 1. The van der Waals surface area contributed by atoms with Crippen molar-refractivity contribution in [2.24, 2.45) is 7.05 Å². The van der Waals surface area contributed by atoms with Gasteiger partial charge >= 0.3 is 0 Å². The highest BCUT2D eigenvalue weighted by Gasteiger charge is 2.27. The van der Waals surface area contributed by atoms with Crippen molar-refractivity contribution in [3.8, 4) is 11.4 Å². The molecule has 0 aromatic carbocycles. The number of hydrogen-bond donors (Lipinski definition) is 0. The Balaban J connectivity index is 1.44. The Kier molecular flexibility index (Phi) is 4.86. The number of aryl methyl sites for hydroxylation is 2. The number of imidazole rings is 1. The van der Waals surface area contributed by atoms with Gasteiger partial charge in [0, 0.05) is 43.8 Å². The van der Waals surface area contributed by atoms with Crippen LogP contribution in [0.25, 0.3) is 22.6 Å². The van der Waals surface area contributed by atoms with Gasteiger partial charge in [0.25, 0.3) is 0 Å². The first-order valence-electron chi connectivity index (χ1n) is 10.0. The molecule has 0 amide bonds. The Morgan fingerprint density at radius 1 is 1.20 bits per heavy atom. The molecule has 1 saturated heterocycles. The molecule has 1 unspecified atom stereocenters. The van der Waals surface area contributed by atoms with Gasteiger partial charge in [-0.15, -0.1) is 0 Å². The first kappa shape index (κ1) is 19.0. The second-order valence-corrected chi connectivity index (χ2v) is 8.64. The molecule has 1 atom stereocenters. The zero-order valence-electron chi connectivity index (χ0n) is 17.2. The average Bonchev–Trinajstić information content (AvgIpc) is 3.47. The van der Waals surface area contributed by atoms with Crippen LogP contribution in [0.2, 0.25) is 0 Å². The molecule has 0 radical (unpaired) electrons. The first-order chi connectivity index (χ1) is 14.7. The van der Waals surface area contributed by atoms with Gasteiger partial charge in [-0.1, -0.05) is 11.8 Å². The summed E-state index contributed by atoms with van der Waals surface area (Å²) in [5.74, 6) is 1.85. The summed E-state index contributed by atoms with van der Waals surface area (Å²) >= 11 is 1.78. The van der Waals surface area contributed by atoms with Gasteiger partial charge in [-0.2, -0.15) is 5.10 Å². The standard InChI is InChI=1S/C20H23N9S/c1-4-29-13(2)15(9-25-29)18-26-17-19(27(18)3)23-12-24-20(17)30-14-6-8-28(10-14)16-5-7-21-11-22-16/h5,7,9,11-12,14H,4,6,8,10H2,1-3H3. The summed E-state index contributed by atoms with van der Waals surface area (Å²) in [6.45, 7) is 6.90. The number of thioether (sulfide) groups is 1. The topological polar surface area (TPSA) is 90.4 Å². The molecule has 0 spiro atoms. The Hall–Kier alpha value is -3.01. The van der Waals surface area contributed by atoms with Crippen LogP contribution in [0.3, 0.4) is 0 Å². The molecule has 5 heterocycles. The van der Waals surface area contributed by atoms with Crippen molar-refractivity contribution in [2.75, 3.05) is 18.0 Å². The minimum atomic E-state index is 0.424. The zero-order chi connectivity index (χ0) is 20.7. The van der Waals surface area contributed by atoms with Crippen molar-refractivity contribution in [1.82, 2.24) is 39.3 Å². The summed E-state index contributed by atoms with van der Waals surface area (Å²) in [4.78, 5) is 24.7. The van der Waals surface area contributed by atoms with Crippen LogP contribution in [0.5, 0.6) is 0 Å². The maximum absolute atomic E-state index is 4.94. The van der Waals surface area contributed by atoms with E-state index in [0.29, 0.717) is 5.25 Å². The number of rotatable bonds is 5. The number of aromatic nitrogens is 8. The highest BCUT2D eigenvalue weighted by molar-refractivity contribution is 8.00. The van der Waals surface area contributed by atoms with Crippen LogP contribution in [-0.4, -0.2) is 57.6 Å². The van der Waals surface area contributed by atoms with Crippen LogP contribution in [0.15, 0.2) is 36.1 Å². The molecule has 0 saturated carbocycles. The highest BCUT2D eigenvalue weighted by Crippen LogP contribution is 2.35. The van der Waals surface area contributed by atoms with Crippen LogP contribution in [-0.2, 0) is 13.6 Å². The van der Waals surface area contributed by atoms with Crippen molar-refractivity contribution in [2.45, 2.75) is 37.1 Å². The third-order valence-corrected chi connectivity index (χ3v) is 6.82. The predicted molar refractivity (Wildman–Crippen MR) is 116 cm³/mol. The van der Waals surface area contributed by atoms with E-state index >= 15 is 0 Å². The average molecular weight is 422 g/mol. The van der Waals surface area contributed by atoms with E-state index in [-0.39, 0.29) is 0 Å². The van der Waals surface area contributed by atoms with Gasteiger partial charge in [0.2, 0.25) is 0 Å². The molecule has 0 bridgehead atoms. The van der Waals surface area contributed by atoms with Crippen molar-refractivity contribution in [3.05, 3.63) is 36.8 Å². The molecule has 5 rings (SSSR count). The molecule has 9 nitrogen and oxygen atoms in total. The fourth-order valence-corrected chi connectivity index (χ4v) is 5.10. The van der Waals surface area contributed by atoms with Crippen molar-refractivity contribution in [1.29, 1.82) is 0 Å². The predicted octanol–water partition coefficient (Wildman–Crippen LogP) is 2.72. The van der Waals surface area contributed by atoms with E-state index in [1.165, 1.54) is 0 Å². The second kappa shape index (κ2) is 7.67. The van der Waals surface area contributed by atoms with Crippen molar-refractivity contribution in [3.63, 3.8) is 0 Å². The van der Waals surface area contributed by atoms with E-state index in [1.807, 2.05) is 28.6 Å². The molecule has 4 aromatic rings. The molecule has 0 aliphatic carbocycles. The molecule has 4 aromatic heterocycles. The van der Waals surface area contributed by atoms with Gasteiger partial charge in [0.15, 0.2) is 5.65 Å². The monoisotopic (exact) mass is 421 g/mol. The number of hydrogen-bond acceptors (Lipinski definition) is 8. The van der Waals surface area contributed by atoms with Gasteiger partial charge < -0.3 is 9.47 Å². The van der Waals surface area contributed by atoms with Crippen molar-refractivity contribution >= 4 is 28.7 Å². The second-order valence-electron chi connectivity index (χ2n) is 7.35. The first-order valence-corrected chi connectivity index (χ1v) is 10.9. The summed E-state index contributed by atoms with van der Waals surface area (Å²) in [6, 6.07) is 1.96. The Labute approximate surface area is 178 Å². The summed E-state index contributed by atoms with van der Waals surface area (Å²) in [7, 11) is 2.00. The smallest absolute Gasteiger partial charge is 0.164 e. The maximum atomic E-state index is 4.94. The van der Waals surface area contributed by atoms with E-state index in [0.717, 1.165) is 65.1 Å². The van der Waals surface area contributed by atoms with E-state index in [9.17, 15) is 0 Å². The van der Waals surface area contributed by atoms with E-state index in [4.69, 9.17) is 4.98 Å². The van der Waals surface area contributed by atoms with Gasteiger partial charge in [0.05, 0.1) is 11.8 Å². The summed E-state index contributed by atoms with van der Waals surface area (Å²) in [5.41, 5.74) is 3.83. The van der Waals surface area contributed by atoms with Crippen LogP contribution in [0, 0.1) is 6.92 Å². The van der Waals surface area contributed by atoms with Gasteiger partial charge in [-0.25, -0.2) is 24.9 Å². The van der Waals surface area contributed by atoms with Crippen molar-refractivity contribution < 1.29 is 0 Å². The molecule has 1 fully saturated rings. The Morgan fingerprint density at radius 3 is 2.87 bits per heavy atom. The lowest BCUT2D eigenvalue weighted by Crippen LogP contribution is -2.21. The minimum Gasteiger partial charge on any atom is -0.355 e.